The summed E-state index contributed by atoms with van der Waals surface area (Å²) >= 11 is 5.26. The first kappa shape index (κ1) is 13.7. The van der Waals surface area contributed by atoms with Crippen LogP contribution in [0, 0.1) is 10.8 Å². The van der Waals surface area contributed by atoms with Crippen LogP contribution in [0.5, 0.6) is 0 Å². The van der Waals surface area contributed by atoms with Crippen LogP contribution in [-0.2, 0) is 4.74 Å². The molecule has 0 aromatic heterocycles. The third kappa shape index (κ3) is 2.66. The van der Waals surface area contributed by atoms with Gasteiger partial charge >= 0.3 is 0 Å². The van der Waals surface area contributed by atoms with Crippen molar-refractivity contribution in [2.75, 3.05) is 20.3 Å². The van der Waals surface area contributed by atoms with E-state index in [0.29, 0.717) is 16.9 Å². The molecule has 16 heavy (non-hydrogen) atoms. The zero-order chi connectivity index (χ0) is 12.4. The second-order valence-corrected chi connectivity index (χ2v) is 6.03. The molecule has 4 heteroatoms. The summed E-state index contributed by atoms with van der Waals surface area (Å²) < 4.78 is 4.98. The summed E-state index contributed by atoms with van der Waals surface area (Å²) in [7, 11) is 1.71. The standard InChI is InChI=1S/C12H24N2OS/c1-11(2)9(12(11,3)4)14-10(16)13-7-6-8-15-5/h9H,6-8H2,1-5H3,(H2,13,14,16). The van der Waals surface area contributed by atoms with Gasteiger partial charge in [-0.05, 0) is 29.5 Å². The van der Waals surface area contributed by atoms with Gasteiger partial charge in [0, 0.05) is 26.3 Å². The van der Waals surface area contributed by atoms with E-state index in [4.69, 9.17) is 17.0 Å². The quantitative estimate of drug-likeness (QED) is 0.572. The van der Waals surface area contributed by atoms with E-state index >= 15 is 0 Å². The molecule has 0 saturated heterocycles. The van der Waals surface area contributed by atoms with Gasteiger partial charge in [-0.3, -0.25) is 0 Å². The van der Waals surface area contributed by atoms with Crippen molar-refractivity contribution in [1.82, 2.24) is 10.6 Å². The van der Waals surface area contributed by atoms with Crippen molar-refractivity contribution in [3.63, 3.8) is 0 Å². The molecule has 1 saturated carbocycles. The predicted octanol–water partition coefficient (Wildman–Crippen LogP) is 1.92. The summed E-state index contributed by atoms with van der Waals surface area (Å²) in [6.45, 7) is 10.7. The lowest BCUT2D eigenvalue weighted by Crippen LogP contribution is -2.39. The van der Waals surface area contributed by atoms with Crippen LogP contribution in [0.25, 0.3) is 0 Å². The average Bonchev–Trinajstić information content (AvgIpc) is 2.56. The van der Waals surface area contributed by atoms with Gasteiger partial charge in [0.15, 0.2) is 5.11 Å². The minimum absolute atomic E-state index is 0.325. The Morgan fingerprint density at radius 2 is 1.81 bits per heavy atom. The number of ether oxygens (including phenoxy) is 1. The van der Waals surface area contributed by atoms with Crippen molar-refractivity contribution in [2.24, 2.45) is 10.8 Å². The highest BCUT2D eigenvalue weighted by molar-refractivity contribution is 7.80. The van der Waals surface area contributed by atoms with Gasteiger partial charge in [0.1, 0.15) is 0 Å². The third-order valence-electron chi connectivity index (χ3n) is 4.11. The van der Waals surface area contributed by atoms with E-state index in [1.165, 1.54) is 0 Å². The van der Waals surface area contributed by atoms with Crippen LogP contribution in [0.4, 0.5) is 0 Å². The summed E-state index contributed by atoms with van der Waals surface area (Å²) in [4.78, 5) is 0. The molecule has 0 radical (unpaired) electrons. The highest BCUT2D eigenvalue weighted by Crippen LogP contribution is 2.62. The number of nitrogens with one attached hydrogen (secondary N) is 2. The topological polar surface area (TPSA) is 33.3 Å². The first-order valence-corrected chi connectivity index (χ1v) is 6.28. The molecule has 1 aliphatic carbocycles. The fraction of sp³-hybridized carbons (Fsp3) is 0.917. The van der Waals surface area contributed by atoms with Gasteiger partial charge < -0.3 is 15.4 Å². The second-order valence-electron chi connectivity index (χ2n) is 5.62. The summed E-state index contributed by atoms with van der Waals surface area (Å²) in [6.07, 6.45) is 0.982. The molecule has 1 fully saturated rings. The molecule has 2 N–H and O–H groups in total. The monoisotopic (exact) mass is 244 g/mol. The molecular formula is C12H24N2OS. The van der Waals surface area contributed by atoms with Gasteiger partial charge in [-0.2, -0.15) is 0 Å². The third-order valence-corrected chi connectivity index (χ3v) is 4.37. The van der Waals surface area contributed by atoms with Gasteiger partial charge in [0.05, 0.1) is 0 Å². The molecule has 3 nitrogen and oxygen atoms in total. The minimum Gasteiger partial charge on any atom is -0.385 e. The van der Waals surface area contributed by atoms with E-state index in [1.54, 1.807) is 7.11 Å². The van der Waals surface area contributed by atoms with Crippen molar-refractivity contribution in [2.45, 2.75) is 40.2 Å². The second kappa shape index (κ2) is 4.88. The first-order chi connectivity index (χ1) is 7.34. The molecule has 0 bridgehead atoms. The largest absolute Gasteiger partial charge is 0.385 e. The molecule has 0 heterocycles. The van der Waals surface area contributed by atoms with E-state index in [-0.39, 0.29) is 0 Å². The Kier molecular flexibility index (Phi) is 4.18. The van der Waals surface area contributed by atoms with Crippen LogP contribution in [0.1, 0.15) is 34.1 Å². The highest BCUT2D eigenvalue weighted by atomic mass is 32.1. The fourth-order valence-electron chi connectivity index (χ4n) is 2.16. The van der Waals surface area contributed by atoms with Crippen molar-refractivity contribution in [3.05, 3.63) is 0 Å². The Labute approximate surface area is 104 Å². The number of thiocarbonyl (C=S) groups is 1. The Morgan fingerprint density at radius 3 is 2.25 bits per heavy atom. The number of rotatable bonds is 5. The molecule has 0 unspecified atom stereocenters. The molecule has 1 aliphatic rings. The number of hydrogen-bond donors (Lipinski definition) is 2. The fourth-order valence-corrected chi connectivity index (χ4v) is 2.38. The van der Waals surface area contributed by atoms with E-state index in [2.05, 4.69) is 38.3 Å². The van der Waals surface area contributed by atoms with E-state index in [9.17, 15) is 0 Å². The molecule has 0 aromatic rings. The van der Waals surface area contributed by atoms with Crippen molar-refractivity contribution in [1.29, 1.82) is 0 Å². The Balaban J connectivity index is 2.22. The van der Waals surface area contributed by atoms with E-state index in [1.807, 2.05) is 0 Å². The summed E-state index contributed by atoms with van der Waals surface area (Å²) in [6, 6.07) is 0.474. The lowest BCUT2D eigenvalue weighted by molar-refractivity contribution is 0.195. The number of methoxy groups -OCH3 is 1. The molecule has 0 aliphatic heterocycles. The van der Waals surface area contributed by atoms with Gasteiger partial charge in [0.25, 0.3) is 0 Å². The molecule has 0 aromatic carbocycles. The maximum atomic E-state index is 5.26. The van der Waals surface area contributed by atoms with E-state index in [0.717, 1.165) is 24.7 Å². The molecule has 94 valence electrons. The Hall–Kier alpha value is -0.350. The lowest BCUT2D eigenvalue weighted by atomic mass is 10.0. The molecule has 1 rings (SSSR count). The van der Waals surface area contributed by atoms with Crippen LogP contribution in [0.15, 0.2) is 0 Å². The summed E-state index contributed by atoms with van der Waals surface area (Å²) in [5.41, 5.74) is 0.649. The number of hydrogen-bond acceptors (Lipinski definition) is 2. The zero-order valence-electron chi connectivity index (χ0n) is 11.0. The molecule has 0 spiro atoms. The summed E-state index contributed by atoms with van der Waals surface area (Å²) in [5, 5.41) is 7.36. The highest BCUT2D eigenvalue weighted by Gasteiger charge is 2.65. The average molecular weight is 244 g/mol. The molecule has 0 atom stereocenters. The zero-order valence-corrected chi connectivity index (χ0v) is 11.8. The normalized spacial score (nSPS) is 21.6. The maximum Gasteiger partial charge on any atom is 0.166 e. The van der Waals surface area contributed by atoms with Crippen molar-refractivity contribution in [3.8, 4) is 0 Å². The maximum absolute atomic E-state index is 5.26. The van der Waals surface area contributed by atoms with E-state index < -0.39 is 0 Å². The smallest absolute Gasteiger partial charge is 0.166 e. The minimum atomic E-state index is 0.325. The van der Waals surface area contributed by atoms with Crippen LogP contribution in [0.2, 0.25) is 0 Å². The Bertz CT molecular complexity index is 250. The van der Waals surface area contributed by atoms with Gasteiger partial charge in [-0.25, -0.2) is 0 Å². The van der Waals surface area contributed by atoms with Gasteiger partial charge in [-0.15, -0.1) is 0 Å². The molecule has 0 amide bonds. The predicted molar refractivity (Wildman–Crippen MR) is 71.6 cm³/mol. The lowest BCUT2D eigenvalue weighted by Gasteiger charge is -2.11. The van der Waals surface area contributed by atoms with Gasteiger partial charge in [-0.1, -0.05) is 27.7 Å². The van der Waals surface area contributed by atoms with Crippen LogP contribution < -0.4 is 10.6 Å². The molecular weight excluding hydrogens is 220 g/mol. The van der Waals surface area contributed by atoms with Crippen LogP contribution in [-0.4, -0.2) is 31.4 Å². The van der Waals surface area contributed by atoms with Crippen molar-refractivity contribution >= 4 is 17.3 Å². The van der Waals surface area contributed by atoms with Gasteiger partial charge in [0.2, 0.25) is 0 Å². The van der Waals surface area contributed by atoms with Crippen molar-refractivity contribution < 1.29 is 4.74 Å². The Morgan fingerprint density at radius 1 is 1.25 bits per heavy atom. The van der Waals surface area contributed by atoms with Crippen LogP contribution in [0.3, 0.4) is 0 Å². The van der Waals surface area contributed by atoms with Crippen LogP contribution >= 0.6 is 12.2 Å². The first-order valence-electron chi connectivity index (χ1n) is 5.87. The SMILES string of the molecule is COCCCNC(=S)NC1C(C)(C)C1(C)C. The summed E-state index contributed by atoms with van der Waals surface area (Å²) in [5.74, 6) is 0.